The third kappa shape index (κ3) is 2.62. The number of hydrogen-bond acceptors (Lipinski definition) is 5. The summed E-state index contributed by atoms with van der Waals surface area (Å²) >= 11 is 0. The lowest BCUT2D eigenvalue weighted by molar-refractivity contribution is -0.384. The number of nitrogens with zero attached hydrogens (tertiary/aromatic N) is 4. The van der Waals surface area contributed by atoms with Gasteiger partial charge in [0, 0.05) is 17.7 Å². The molecule has 0 unspecified atom stereocenters. The van der Waals surface area contributed by atoms with Crippen LogP contribution in [0.15, 0.2) is 42.6 Å². The van der Waals surface area contributed by atoms with Crippen molar-refractivity contribution in [2.45, 2.75) is 6.92 Å². The fraction of sp³-hybridized carbons (Fsp3) is 0.0714. The van der Waals surface area contributed by atoms with E-state index >= 15 is 0 Å². The highest BCUT2D eigenvalue weighted by Gasteiger charge is 2.10. The number of rotatable bonds is 3. The summed E-state index contributed by atoms with van der Waals surface area (Å²) in [6.07, 6.45) is 1.65. The Labute approximate surface area is 124 Å². The van der Waals surface area contributed by atoms with Gasteiger partial charge < -0.3 is 5.32 Å². The van der Waals surface area contributed by atoms with Gasteiger partial charge in [-0.3, -0.25) is 14.9 Å². The molecule has 0 saturated carbocycles. The highest BCUT2D eigenvalue weighted by atomic mass is 16.6. The topological polar surface area (TPSA) is 102 Å². The molecule has 8 nitrogen and oxygen atoms in total. The number of carbonyl (C=O) groups excluding carboxylic acids is 1. The molecule has 0 fully saturated rings. The molecule has 1 amide bonds. The average Bonchev–Trinajstić information content (AvgIpc) is 2.86. The van der Waals surface area contributed by atoms with E-state index in [-0.39, 0.29) is 11.6 Å². The van der Waals surface area contributed by atoms with Crippen LogP contribution in [-0.4, -0.2) is 25.4 Å². The molecule has 2 heterocycles. The molecule has 3 rings (SSSR count). The predicted octanol–water partition coefficient (Wildman–Crippen LogP) is 2.20. The lowest BCUT2D eigenvalue weighted by atomic mass is 10.2. The second-order valence-electron chi connectivity index (χ2n) is 4.64. The summed E-state index contributed by atoms with van der Waals surface area (Å²) in [6, 6.07) is 8.85. The highest BCUT2D eigenvalue weighted by Crippen LogP contribution is 2.14. The number of nitro groups is 1. The number of amides is 1. The van der Waals surface area contributed by atoms with E-state index < -0.39 is 4.92 Å². The Morgan fingerprint density at radius 1 is 1.23 bits per heavy atom. The molecule has 1 aromatic carbocycles. The Balaban J connectivity index is 1.81. The standard InChI is InChI=1S/C14H11N5O3/c1-9-15-13-7-4-11(8-18(13)17-9)16-14(20)10-2-5-12(6-3-10)19(21)22/h2-8H,1H3,(H,16,20). The summed E-state index contributed by atoms with van der Waals surface area (Å²) in [5.41, 5.74) is 1.52. The summed E-state index contributed by atoms with van der Waals surface area (Å²) in [5.74, 6) is 0.282. The summed E-state index contributed by atoms with van der Waals surface area (Å²) in [4.78, 5) is 26.4. The van der Waals surface area contributed by atoms with Gasteiger partial charge in [-0.25, -0.2) is 9.50 Å². The Morgan fingerprint density at radius 3 is 2.64 bits per heavy atom. The molecular formula is C14H11N5O3. The molecule has 8 heteroatoms. The zero-order chi connectivity index (χ0) is 15.7. The number of nitro benzene ring substituents is 1. The molecule has 0 aliphatic carbocycles. The molecule has 1 N–H and O–H groups in total. The molecular weight excluding hydrogens is 286 g/mol. The second-order valence-corrected chi connectivity index (χ2v) is 4.64. The first kappa shape index (κ1) is 13.7. The molecule has 0 atom stereocenters. The summed E-state index contributed by atoms with van der Waals surface area (Å²) < 4.78 is 1.57. The van der Waals surface area contributed by atoms with E-state index in [9.17, 15) is 14.9 Å². The van der Waals surface area contributed by atoms with Crippen molar-refractivity contribution in [3.05, 3.63) is 64.1 Å². The molecule has 0 aliphatic rings. The van der Waals surface area contributed by atoms with Crippen LogP contribution in [0, 0.1) is 17.0 Å². The van der Waals surface area contributed by atoms with Crippen molar-refractivity contribution in [1.29, 1.82) is 0 Å². The van der Waals surface area contributed by atoms with Crippen LogP contribution in [0.4, 0.5) is 11.4 Å². The minimum Gasteiger partial charge on any atom is -0.321 e. The zero-order valence-electron chi connectivity index (χ0n) is 11.6. The van der Waals surface area contributed by atoms with Crippen LogP contribution in [-0.2, 0) is 0 Å². The molecule has 3 aromatic rings. The number of non-ortho nitro benzene ring substituents is 1. The highest BCUT2D eigenvalue weighted by molar-refractivity contribution is 6.04. The third-order valence-corrected chi connectivity index (χ3v) is 3.04. The normalized spacial score (nSPS) is 10.6. The van der Waals surface area contributed by atoms with Gasteiger partial charge >= 0.3 is 0 Å². The smallest absolute Gasteiger partial charge is 0.269 e. The number of pyridine rings is 1. The van der Waals surface area contributed by atoms with Crippen LogP contribution >= 0.6 is 0 Å². The van der Waals surface area contributed by atoms with Crippen molar-refractivity contribution in [2.75, 3.05) is 5.32 Å². The largest absolute Gasteiger partial charge is 0.321 e. The van der Waals surface area contributed by atoms with Gasteiger partial charge in [0.1, 0.15) is 5.82 Å². The van der Waals surface area contributed by atoms with Gasteiger partial charge in [0.25, 0.3) is 11.6 Å². The van der Waals surface area contributed by atoms with E-state index in [0.29, 0.717) is 22.7 Å². The lowest BCUT2D eigenvalue weighted by Crippen LogP contribution is -2.12. The van der Waals surface area contributed by atoms with Gasteiger partial charge in [0.05, 0.1) is 16.8 Å². The first-order valence-electron chi connectivity index (χ1n) is 6.42. The number of nitrogens with one attached hydrogen (secondary N) is 1. The first-order valence-corrected chi connectivity index (χ1v) is 6.42. The molecule has 0 saturated heterocycles. The third-order valence-electron chi connectivity index (χ3n) is 3.04. The van der Waals surface area contributed by atoms with Crippen molar-refractivity contribution in [2.24, 2.45) is 0 Å². The Bertz CT molecular complexity index is 870. The zero-order valence-corrected chi connectivity index (χ0v) is 11.6. The van der Waals surface area contributed by atoms with Crippen molar-refractivity contribution >= 4 is 22.9 Å². The van der Waals surface area contributed by atoms with Crippen LogP contribution in [0.25, 0.3) is 5.65 Å². The van der Waals surface area contributed by atoms with Crippen LogP contribution in [0.5, 0.6) is 0 Å². The molecule has 0 radical (unpaired) electrons. The van der Waals surface area contributed by atoms with Crippen LogP contribution in [0.2, 0.25) is 0 Å². The van der Waals surface area contributed by atoms with Gasteiger partial charge in [0.2, 0.25) is 0 Å². The van der Waals surface area contributed by atoms with Gasteiger partial charge in [-0.2, -0.15) is 5.10 Å². The van der Waals surface area contributed by atoms with Gasteiger partial charge in [-0.1, -0.05) is 0 Å². The van der Waals surface area contributed by atoms with E-state index in [1.165, 1.54) is 24.3 Å². The Hall–Kier alpha value is -3.29. The van der Waals surface area contributed by atoms with Crippen molar-refractivity contribution in [3.8, 4) is 0 Å². The van der Waals surface area contributed by atoms with Gasteiger partial charge in [0.15, 0.2) is 5.65 Å². The first-order chi connectivity index (χ1) is 10.5. The quantitative estimate of drug-likeness (QED) is 0.589. The number of hydrogen-bond donors (Lipinski definition) is 1. The maximum atomic E-state index is 12.1. The maximum absolute atomic E-state index is 12.1. The lowest BCUT2D eigenvalue weighted by Gasteiger charge is -2.05. The van der Waals surface area contributed by atoms with E-state index in [0.717, 1.165) is 0 Å². The molecule has 0 aliphatic heterocycles. The molecule has 0 bridgehead atoms. The molecule has 0 spiro atoms. The van der Waals surface area contributed by atoms with E-state index in [1.54, 1.807) is 29.8 Å². The molecule has 110 valence electrons. The number of aromatic nitrogens is 3. The van der Waals surface area contributed by atoms with Gasteiger partial charge in [-0.15, -0.1) is 0 Å². The fourth-order valence-corrected chi connectivity index (χ4v) is 2.01. The average molecular weight is 297 g/mol. The minimum atomic E-state index is -0.511. The Morgan fingerprint density at radius 2 is 1.95 bits per heavy atom. The van der Waals surface area contributed by atoms with Gasteiger partial charge in [-0.05, 0) is 31.2 Å². The predicted molar refractivity (Wildman–Crippen MR) is 78.8 cm³/mol. The van der Waals surface area contributed by atoms with Crippen molar-refractivity contribution in [3.63, 3.8) is 0 Å². The van der Waals surface area contributed by atoms with E-state index in [4.69, 9.17) is 0 Å². The fourth-order valence-electron chi connectivity index (χ4n) is 2.01. The Kier molecular flexibility index (Phi) is 3.26. The van der Waals surface area contributed by atoms with E-state index in [2.05, 4.69) is 15.4 Å². The minimum absolute atomic E-state index is 0.0592. The van der Waals surface area contributed by atoms with Crippen LogP contribution < -0.4 is 5.32 Å². The SMILES string of the molecule is Cc1nc2ccc(NC(=O)c3ccc([N+](=O)[O-])cc3)cn2n1. The molecule has 22 heavy (non-hydrogen) atoms. The number of anilines is 1. The summed E-state index contributed by atoms with van der Waals surface area (Å²) in [7, 11) is 0. The van der Waals surface area contributed by atoms with Crippen molar-refractivity contribution < 1.29 is 9.72 Å². The monoisotopic (exact) mass is 297 g/mol. The number of carbonyl (C=O) groups is 1. The summed E-state index contributed by atoms with van der Waals surface area (Å²) in [6.45, 7) is 1.78. The number of aryl methyl sites for hydroxylation is 1. The van der Waals surface area contributed by atoms with Crippen LogP contribution in [0.1, 0.15) is 16.2 Å². The van der Waals surface area contributed by atoms with E-state index in [1.807, 2.05) is 0 Å². The summed E-state index contributed by atoms with van der Waals surface area (Å²) in [5, 5.41) is 17.5. The number of benzene rings is 1. The van der Waals surface area contributed by atoms with Crippen LogP contribution in [0.3, 0.4) is 0 Å². The maximum Gasteiger partial charge on any atom is 0.269 e. The second kappa shape index (κ2) is 5.24. The molecule has 2 aromatic heterocycles. The van der Waals surface area contributed by atoms with Crippen molar-refractivity contribution in [1.82, 2.24) is 14.6 Å². The number of fused-ring (bicyclic) bond motifs is 1.